The van der Waals surface area contributed by atoms with Gasteiger partial charge in [-0.3, -0.25) is 10.5 Å². The summed E-state index contributed by atoms with van der Waals surface area (Å²) in [6.45, 7) is 0. The number of aromatic nitrogens is 1. The third-order valence-corrected chi connectivity index (χ3v) is 4.13. The number of hydrogen-bond acceptors (Lipinski definition) is 4. The molecule has 0 bridgehead atoms. The lowest BCUT2D eigenvalue weighted by Gasteiger charge is -2.24. The highest BCUT2D eigenvalue weighted by Crippen LogP contribution is 2.37. The van der Waals surface area contributed by atoms with Crippen LogP contribution in [0.15, 0.2) is 59.4 Å². The van der Waals surface area contributed by atoms with Gasteiger partial charge in [0.2, 0.25) is 0 Å². The average Bonchev–Trinajstić information content (AvgIpc) is 2.61. The van der Waals surface area contributed by atoms with E-state index in [-0.39, 0.29) is 5.56 Å². The van der Waals surface area contributed by atoms with Crippen LogP contribution in [0, 0.1) is 0 Å². The van der Waals surface area contributed by atoms with E-state index in [1.165, 1.54) is 0 Å². The van der Waals surface area contributed by atoms with Crippen molar-refractivity contribution in [3.05, 3.63) is 76.1 Å². The van der Waals surface area contributed by atoms with Gasteiger partial charge < -0.3 is 14.5 Å². The lowest BCUT2D eigenvalue weighted by atomic mass is 9.94. The minimum atomic E-state index is -0.611. The van der Waals surface area contributed by atoms with Crippen LogP contribution in [0.3, 0.4) is 0 Å². The van der Waals surface area contributed by atoms with E-state index in [0.29, 0.717) is 11.3 Å². The van der Waals surface area contributed by atoms with E-state index in [0.717, 1.165) is 27.8 Å². The Morgan fingerprint density at radius 2 is 1.88 bits per heavy atom. The van der Waals surface area contributed by atoms with Crippen molar-refractivity contribution < 1.29 is 9.47 Å². The summed E-state index contributed by atoms with van der Waals surface area (Å²) < 4.78 is 11.0. The standard InChI is InChI=1S/C19H16N2O3/c1-23-12-8-6-11(7-9-12)14-10-16(20)24-18-13-4-2-3-5-15(13)21-19(22)17(14)18/h2-10,16H,20H2,1H3,(H,21,22). The number of nitrogens with two attached hydrogens (primary N) is 1. The highest BCUT2D eigenvalue weighted by atomic mass is 16.5. The van der Waals surface area contributed by atoms with E-state index in [9.17, 15) is 4.79 Å². The first-order valence-electron chi connectivity index (χ1n) is 7.61. The van der Waals surface area contributed by atoms with Crippen molar-refractivity contribution in [2.45, 2.75) is 6.23 Å². The summed E-state index contributed by atoms with van der Waals surface area (Å²) in [6, 6.07) is 15.0. The first-order valence-corrected chi connectivity index (χ1v) is 7.61. The topological polar surface area (TPSA) is 77.3 Å². The van der Waals surface area contributed by atoms with Gasteiger partial charge in [0.1, 0.15) is 11.5 Å². The summed E-state index contributed by atoms with van der Waals surface area (Å²) in [6.07, 6.45) is 1.15. The Balaban J connectivity index is 1.97. The second kappa shape index (κ2) is 5.54. The molecule has 3 N–H and O–H groups in total. The molecule has 0 amide bonds. The molecule has 0 radical (unpaired) electrons. The van der Waals surface area contributed by atoms with Crippen molar-refractivity contribution in [1.29, 1.82) is 0 Å². The van der Waals surface area contributed by atoms with Crippen LogP contribution in [0.5, 0.6) is 11.5 Å². The quantitative estimate of drug-likeness (QED) is 0.761. The fourth-order valence-corrected chi connectivity index (χ4v) is 3.01. The fourth-order valence-electron chi connectivity index (χ4n) is 3.01. The Bertz CT molecular complexity index is 1000. The van der Waals surface area contributed by atoms with Gasteiger partial charge in [0.25, 0.3) is 5.56 Å². The SMILES string of the molecule is COc1ccc(C2=CC(N)Oc3c2c(=O)[nH]c2ccccc32)cc1. The zero-order chi connectivity index (χ0) is 16.7. The van der Waals surface area contributed by atoms with E-state index < -0.39 is 6.23 Å². The summed E-state index contributed by atoms with van der Waals surface area (Å²) >= 11 is 0. The van der Waals surface area contributed by atoms with Crippen molar-refractivity contribution in [2.75, 3.05) is 7.11 Å². The number of nitrogens with one attached hydrogen (secondary N) is 1. The van der Waals surface area contributed by atoms with Gasteiger partial charge in [-0.1, -0.05) is 24.3 Å². The summed E-state index contributed by atoms with van der Waals surface area (Å²) in [5.74, 6) is 1.28. The van der Waals surface area contributed by atoms with E-state index >= 15 is 0 Å². The molecule has 120 valence electrons. The van der Waals surface area contributed by atoms with Crippen LogP contribution >= 0.6 is 0 Å². The number of pyridine rings is 1. The Labute approximate surface area is 138 Å². The predicted octanol–water partition coefficient (Wildman–Crippen LogP) is 2.65. The van der Waals surface area contributed by atoms with E-state index in [1.54, 1.807) is 13.2 Å². The zero-order valence-electron chi connectivity index (χ0n) is 13.1. The largest absolute Gasteiger partial charge is 0.497 e. The number of fused-ring (bicyclic) bond motifs is 3. The van der Waals surface area contributed by atoms with Crippen molar-refractivity contribution in [3.63, 3.8) is 0 Å². The van der Waals surface area contributed by atoms with Crippen LogP contribution in [-0.4, -0.2) is 18.3 Å². The molecule has 1 atom stereocenters. The highest BCUT2D eigenvalue weighted by molar-refractivity contribution is 5.94. The molecule has 1 aliphatic rings. The molecule has 2 aromatic carbocycles. The lowest BCUT2D eigenvalue weighted by Crippen LogP contribution is -2.31. The molecule has 5 nitrogen and oxygen atoms in total. The molecule has 1 aliphatic heterocycles. The second-order valence-corrected chi connectivity index (χ2v) is 5.60. The van der Waals surface area contributed by atoms with Gasteiger partial charge >= 0.3 is 0 Å². The van der Waals surface area contributed by atoms with Crippen LogP contribution in [0.2, 0.25) is 0 Å². The van der Waals surface area contributed by atoms with Crippen LogP contribution in [0.25, 0.3) is 16.5 Å². The predicted molar refractivity (Wildman–Crippen MR) is 93.2 cm³/mol. The first kappa shape index (κ1) is 14.5. The van der Waals surface area contributed by atoms with Gasteiger partial charge in [0.05, 0.1) is 18.2 Å². The minimum absolute atomic E-state index is 0.197. The van der Waals surface area contributed by atoms with Crippen LogP contribution in [0.4, 0.5) is 0 Å². The van der Waals surface area contributed by atoms with Crippen LogP contribution in [-0.2, 0) is 0 Å². The van der Waals surface area contributed by atoms with Gasteiger partial charge in [0, 0.05) is 5.39 Å². The molecule has 3 aromatic rings. The van der Waals surface area contributed by atoms with E-state index in [2.05, 4.69) is 4.98 Å². The van der Waals surface area contributed by atoms with Gasteiger partial charge in [-0.05, 0) is 41.5 Å². The molecule has 5 heteroatoms. The first-order chi connectivity index (χ1) is 11.7. The maximum absolute atomic E-state index is 12.6. The number of aromatic amines is 1. The number of hydrogen-bond donors (Lipinski definition) is 2. The Kier molecular flexibility index (Phi) is 3.36. The molecule has 4 rings (SSSR count). The van der Waals surface area contributed by atoms with Crippen molar-refractivity contribution in [2.24, 2.45) is 5.73 Å². The zero-order valence-corrected chi connectivity index (χ0v) is 13.1. The fraction of sp³-hybridized carbons (Fsp3) is 0.105. The number of methoxy groups -OCH3 is 1. The molecule has 1 aromatic heterocycles. The second-order valence-electron chi connectivity index (χ2n) is 5.60. The van der Waals surface area contributed by atoms with Crippen molar-refractivity contribution >= 4 is 16.5 Å². The Hall–Kier alpha value is -3.05. The number of ether oxygens (including phenoxy) is 2. The van der Waals surface area contributed by atoms with Crippen LogP contribution in [0.1, 0.15) is 11.1 Å². The molecular weight excluding hydrogens is 304 g/mol. The van der Waals surface area contributed by atoms with Gasteiger partial charge in [-0.25, -0.2) is 0 Å². The number of benzene rings is 2. The molecule has 2 heterocycles. The summed E-state index contributed by atoms with van der Waals surface area (Å²) in [5, 5.41) is 0.835. The summed E-state index contributed by atoms with van der Waals surface area (Å²) in [4.78, 5) is 15.6. The molecular formula is C19H16N2O3. The van der Waals surface area contributed by atoms with Gasteiger partial charge in [0.15, 0.2) is 6.23 Å². The summed E-state index contributed by atoms with van der Waals surface area (Å²) in [7, 11) is 1.62. The number of H-pyrrole nitrogens is 1. The minimum Gasteiger partial charge on any atom is -0.497 e. The average molecular weight is 320 g/mol. The smallest absolute Gasteiger partial charge is 0.260 e. The van der Waals surface area contributed by atoms with Gasteiger partial charge in [-0.2, -0.15) is 0 Å². The van der Waals surface area contributed by atoms with Crippen LogP contribution < -0.4 is 20.8 Å². The monoisotopic (exact) mass is 320 g/mol. The molecule has 1 unspecified atom stereocenters. The normalized spacial score (nSPS) is 16.2. The van der Waals surface area contributed by atoms with Crippen molar-refractivity contribution in [3.8, 4) is 11.5 Å². The van der Waals surface area contributed by atoms with Gasteiger partial charge in [-0.15, -0.1) is 0 Å². The van der Waals surface area contributed by atoms with E-state index in [4.69, 9.17) is 15.2 Å². The highest BCUT2D eigenvalue weighted by Gasteiger charge is 2.25. The molecule has 0 saturated heterocycles. The lowest BCUT2D eigenvalue weighted by molar-refractivity contribution is 0.256. The number of rotatable bonds is 2. The van der Waals surface area contributed by atoms with E-state index in [1.807, 2.05) is 48.5 Å². The molecule has 0 fully saturated rings. The number of para-hydroxylation sites is 1. The Morgan fingerprint density at radius 3 is 2.62 bits per heavy atom. The molecule has 24 heavy (non-hydrogen) atoms. The molecule has 0 saturated carbocycles. The van der Waals surface area contributed by atoms with Crippen molar-refractivity contribution in [1.82, 2.24) is 4.98 Å². The third-order valence-electron chi connectivity index (χ3n) is 4.13. The third kappa shape index (κ3) is 2.26. The molecule has 0 spiro atoms. The summed E-state index contributed by atoms with van der Waals surface area (Å²) in [5.41, 5.74) is 8.72. The maximum Gasteiger partial charge on any atom is 0.260 e. The maximum atomic E-state index is 12.6. The Morgan fingerprint density at radius 1 is 1.12 bits per heavy atom. The molecule has 0 aliphatic carbocycles.